The molecule has 0 aliphatic heterocycles. The van der Waals surface area contributed by atoms with E-state index in [0.29, 0.717) is 6.61 Å². The highest BCUT2D eigenvalue weighted by Gasteiger charge is 2.16. The van der Waals surface area contributed by atoms with Crippen LogP contribution in [0.5, 0.6) is 0 Å². The fourth-order valence-corrected chi connectivity index (χ4v) is 2.51. The van der Waals surface area contributed by atoms with Crippen molar-refractivity contribution < 1.29 is 18.7 Å². The Balaban J connectivity index is 0.000000828. The van der Waals surface area contributed by atoms with Crippen LogP contribution in [0.4, 0.5) is 0 Å². The van der Waals surface area contributed by atoms with Crippen LogP contribution in [0.15, 0.2) is 15.9 Å². The molecule has 10 nitrogen and oxygen atoms in total. The van der Waals surface area contributed by atoms with Crippen molar-refractivity contribution in [2.24, 2.45) is 7.05 Å². The second kappa shape index (κ2) is 11.9. The van der Waals surface area contributed by atoms with Crippen molar-refractivity contribution in [2.45, 2.75) is 53.3 Å². The van der Waals surface area contributed by atoms with Crippen molar-refractivity contribution in [1.82, 2.24) is 18.7 Å². The Morgan fingerprint density at radius 3 is 2.44 bits per heavy atom. The van der Waals surface area contributed by atoms with Crippen molar-refractivity contribution in [3.63, 3.8) is 0 Å². The summed E-state index contributed by atoms with van der Waals surface area (Å²) in [7, 11) is -1.48. The first-order valence-corrected chi connectivity index (χ1v) is 10.2. The molecular formula is C16H29N4O6P. The first-order valence-electron chi connectivity index (χ1n) is 8.97. The molecule has 0 aliphatic carbocycles. The predicted molar refractivity (Wildman–Crippen MR) is 103 cm³/mol. The smallest absolute Gasteiger partial charge is 0.332 e. The number of aryl methyl sites for hydroxylation is 1. The summed E-state index contributed by atoms with van der Waals surface area (Å²) < 4.78 is 24.2. The maximum Gasteiger partial charge on any atom is 0.332 e. The molecule has 1 atom stereocenters. The first kappa shape index (κ1) is 23.3. The van der Waals surface area contributed by atoms with Crippen molar-refractivity contribution >= 4 is 19.4 Å². The van der Waals surface area contributed by atoms with Crippen LogP contribution >= 0.6 is 8.25 Å². The highest BCUT2D eigenvalue weighted by atomic mass is 31.1. The minimum atomic E-state index is -3.01. The topological polar surface area (TPSA) is 118 Å². The van der Waals surface area contributed by atoms with E-state index >= 15 is 0 Å². The Labute approximate surface area is 158 Å². The molecule has 154 valence electrons. The third kappa shape index (κ3) is 6.42. The summed E-state index contributed by atoms with van der Waals surface area (Å²) >= 11 is 0. The Kier molecular flexibility index (Phi) is 10.2. The third-order valence-corrected chi connectivity index (χ3v) is 4.24. The van der Waals surface area contributed by atoms with E-state index in [1.54, 1.807) is 4.57 Å². The van der Waals surface area contributed by atoms with Gasteiger partial charge in [-0.25, -0.2) is 9.78 Å². The van der Waals surface area contributed by atoms with E-state index in [1.165, 1.54) is 30.8 Å². The fraction of sp³-hybridized carbons (Fsp3) is 0.688. The Bertz CT molecular complexity index is 855. The molecule has 2 heterocycles. The number of aromatic nitrogens is 4. The molecule has 1 N–H and O–H groups in total. The lowest BCUT2D eigenvalue weighted by molar-refractivity contribution is 0.0903. The summed E-state index contributed by atoms with van der Waals surface area (Å²) in [5.74, 6) is 0. The minimum absolute atomic E-state index is 0.0138. The summed E-state index contributed by atoms with van der Waals surface area (Å²) in [6, 6.07) is 0. The van der Waals surface area contributed by atoms with Crippen LogP contribution in [0.3, 0.4) is 0 Å². The molecule has 0 radical (unpaired) electrons. The number of unbranched alkanes of at least 4 members (excludes halogenated alkanes) is 1. The quantitative estimate of drug-likeness (QED) is 0.497. The summed E-state index contributed by atoms with van der Waals surface area (Å²) in [6.45, 7) is 6.91. The summed E-state index contributed by atoms with van der Waals surface area (Å²) in [4.78, 5) is 37.5. The van der Waals surface area contributed by atoms with Gasteiger partial charge in [0.1, 0.15) is 6.73 Å². The molecule has 2 aromatic heterocycles. The van der Waals surface area contributed by atoms with Gasteiger partial charge in [0.25, 0.3) is 5.56 Å². The summed E-state index contributed by atoms with van der Waals surface area (Å²) in [6.07, 6.45) is 4.35. The second-order valence-electron chi connectivity index (χ2n) is 5.77. The maximum absolute atomic E-state index is 12.6. The highest BCUT2D eigenvalue weighted by molar-refractivity contribution is 7.32. The van der Waals surface area contributed by atoms with E-state index in [0.717, 1.165) is 4.57 Å². The van der Waals surface area contributed by atoms with Gasteiger partial charge in [-0.05, 0) is 13.3 Å². The van der Waals surface area contributed by atoms with Crippen LogP contribution in [0.25, 0.3) is 11.2 Å². The Hall–Kier alpha value is -1.74. The monoisotopic (exact) mass is 404 g/mol. The molecule has 0 saturated heterocycles. The van der Waals surface area contributed by atoms with Gasteiger partial charge >= 0.3 is 13.9 Å². The molecule has 0 aliphatic rings. The van der Waals surface area contributed by atoms with Crippen LogP contribution < -0.4 is 11.2 Å². The zero-order valence-electron chi connectivity index (χ0n) is 16.3. The molecule has 0 spiro atoms. The third-order valence-electron chi connectivity index (χ3n) is 3.79. The molecule has 0 bridgehead atoms. The summed E-state index contributed by atoms with van der Waals surface area (Å²) in [5.41, 5.74) is -0.414. The van der Waals surface area contributed by atoms with E-state index in [2.05, 4.69) is 23.4 Å². The molecule has 2 rings (SSSR count). The van der Waals surface area contributed by atoms with Gasteiger partial charge in [-0.2, -0.15) is 0 Å². The highest BCUT2D eigenvalue weighted by Crippen LogP contribution is 2.14. The van der Waals surface area contributed by atoms with E-state index in [1.807, 2.05) is 6.92 Å². The molecular weight excluding hydrogens is 375 g/mol. The number of ether oxygens (including phenoxy) is 1. The van der Waals surface area contributed by atoms with Crippen molar-refractivity contribution in [3.05, 3.63) is 27.2 Å². The number of hydrogen-bond donors (Lipinski definition) is 1. The summed E-state index contributed by atoms with van der Waals surface area (Å²) in [5, 5.41) is 0. The van der Waals surface area contributed by atoms with Gasteiger partial charge in [0.2, 0.25) is 0 Å². The van der Waals surface area contributed by atoms with Crippen molar-refractivity contribution in [3.8, 4) is 0 Å². The van der Waals surface area contributed by atoms with Crippen LogP contribution in [-0.2, 0) is 34.1 Å². The Morgan fingerprint density at radius 2 is 1.89 bits per heavy atom. The first-order chi connectivity index (χ1) is 12.9. The van der Waals surface area contributed by atoms with Gasteiger partial charge in [0, 0.05) is 20.2 Å². The lowest BCUT2D eigenvalue weighted by Gasteiger charge is -2.09. The van der Waals surface area contributed by atoms with E-state index in [4.69, 9.17) is 9.63 Å². The average molecular weight is 404 g/mol. The number of rotatable bonds is 9. The van der Waals surface area contributed by atoms with Gasteiger partial charge in [-0.15, -0.1) is 0 Å². The van der Waals surface area contributed by atoms with Gasteiger partial charge < -0.3 is 18.7 Å². The van der Waals surface area contributed by atoms with E-state index < -0.39 is 19.5 Å². The zero-order chi connectivity index (χ0) is 20.4. The zero-order valence-corrected chi connectivity index (χ0v) is 17.3. The molecule has 11 heteroatoms. The van der Waals surface area contributed by atoms with Gasteiger partial charge in [0.15, 0.2) is 11.2 Å². The van der Waals surface area contributed by atoms with Crippen LogP contribution in [0, 0.1) is 0 Å². The van der Waals surface area contributed by atoms with Gasteiger partial charge in [-0.1, -0.05) is 26.7 Å². The molecule has 0 fully saturated rings. The lowest BCUT2D eigenvalue weighted by Crippen LogP contribution is -2.40. The molecule has 2 aromatic rings. The molecule has 0 amide bonds. The fourth-order valence-electron chi connectivity index (χ4n) is 2.19. The number of nitrogens with zero attached hydrogens (tertiary/aromatic N) is 4. The molecule has 0 saturated carbocycles. The predicted octanol–water partition coefficient (Wildman–Crippen LogP) is 1.49. The largest absolute Gasteiger partial charge is 0.361 e. The molecule has 1 unspecified atom stereocenters. The van der Waals surface area contributed by atoms with Crippen LogP contribution in [-0.4, -0.2) is 36.8 Å². The van der Waals surface area contributed by atoms with E-state index in [9.17, 15) is 14.2 Å². The minimum Gasteiger partial charge on any atom is -0.361 e. The second-order valence-corrected chi connectivity index (χ2v) is 6.60. The molecule has 27 heavy (non-hydrogen) atoms. The Morgan fingerprint density at radius 1 is 1.22 bits per heavy atom. The number of fused-ring (bicyclic) bond motifs is 1. The maximum atomic E-state index is 12.6. The number of hydrogen-bond acceptors (Lipinski definition) is 6. The van der Waals surface area contributed by atoms with Crippen molar-refractivity contribution in [2.75, 3.05) is 13.2 Å². The van der Waals surface area contributed by atoms with Gasteiger partial charge in [-0.3, -0.25) is 18.5 Å². The van der Waals surface area contributed by atoms with Gasteiger partial charge in [0.05, 0.1) is 12.9 Å². The standard InChI is InChI=1S/C12H19N4O6P.C4H10/c1-3-21-8-15-7-13-10-9(15)11(17)16(12(18)14(10)2)5-4-6-22-23(19)20;1-3-4-2/h7,23H,3-6,8H2,1-2H3,(H,19,20);3-4H2,1-2H3. The normalized spacial score (nSPS) is 12.0. The SMILES string of the molecule is CCCC.CCOCn1cnc2c1c(=O)n(CCCO[PH](=O)O)c(=O)n2C. The lowest BCUT2D eigenvalue weighted by atomic mass is 10.4. The molecule has 0 aromatic carbocycles. The average Bonchev–Trinajstić information content (AvgIpc) is 3.08. The van der Waals surface area contributed by atoms with E-state index in [-0.39, 0.29) is 37.5 Å². The van der Waals surface area contributed by atoms with Crippen LogP contribution in [0.1, 0.15) is 40.0 Å². The number of imidazole rings is 1. The van der Waals surface area contributed by atoms with Crippen LogP contribution in [0.2, 0.25) is 0 Å². The van der Waals surface area contributed by atoms with Crippen molar-refractivity contribution in [1.29, 1.82) is 0 Å².